The lowest BCUT2D eigenvalue weighted by Gasteiger charge is -2.09. The molecule has 60 heavy (non-hydrogen) atoms. The summed E-state index contributed by atoms with van der Waals surface area (Å²) in [4.78, 5) is 0. The number of aliphatic hydroxyl groups excluding tert-OH is 4. The van der Waals surface area contributed by atoms with Gasteiger partial charge in [-0.3, -0.25) is 0 Å². The Morgan fingerprint density at radius 2 is 0.283 bits per heavy atom. The Morgan fingerprint density at radius 3 is 0.450 bits per heavy atom. The van der Waals surface area contributed by atoms with Crippen LogP contribution in [-0.2, 0) is 0 Å². The highest BCUT2D eigenvalue weighted by Crippen LogP contribution is 2.16. The average molecular weight is 858 g/mol. The lowest BCUT2D eigenvalue weighted by molar-refractivity contribution is 0.147. The lowest BCUT2D eigenvalue weighted by atomic mass is 10.0. The van der Waals surface area contributed by atoms with Crippen LogP contribution in [0, 0.1) is 0 Å². The van der Waals surface area contributed by atoms with Crippen LogP contribution in [0.4, 0.5) is 0 Å². The van der Waals surface area contributed by atoms with Crippen molar-refractivity contribution in [3.63, 3.8) is 0 Å². The fraction of sp³-hybridized carbons (Fsp3) is 1.00. The summed E-state index contributed by atoms with van der Waals surface area (Å²) < 4.78 is 0. The van der Waals surface area contributed by atoms with Gasteiger partial charge in [0.2, 0.25) is 0 Å². The van der Waals surface area contributed by atoms with Gasteiger partial charge in [0.15, 0.2) is 0 Å². The maximum absolute atomic E-state index is 9.79. The van der Waals surface area contributed by atoms with Crippen LogP contribution >= 0.6 is 0 Å². The third kappa shape index (κ3) is 69.5. The summed E-state index contributed by atoms with van der Waals surface area (Å²) in [6.45, 7) is 17.8. The van der Waals surface area contributed by atoms with Crippen molar-refractivity contribution in [1.82, 2.24) is 0 Å². The zero-order valence-electron chi connectivity index (χ0n) is 43.2. The first-order valence-electron chi connectivity index (χ1n) is 28.0. The van der Waals surface area contributed by atoms with Gasteiger partial charge in [-0.1, -0.05) is 287 Å². The highest BCUT2D eigenvalue weighted by Gasteiger charge is 2.05. The van der Waals surface area contributed by atoms with Crippen LogP contribution in [0.5, 0.6) is 0 Å². The molecule has 4 heteroatoms. The molecule has 4 N–H and O–H groups in total. The molecule has 4 unspecified atom stereocenters. The molecule has 0 fully saturated rings. The zero-order valence-corrected chi connectivity index (χ0v) is 43.2. The van der Waals surface area contributed by atoms with Crippen LogP contribution < -0.4 is 0 Å². The topological polar surface area (TPSA) is 80.9 Å². The summed E-state index contributed by atoms with van der Waals surface area (Å²) in [6.07, 6.45) is 54.9. The summed E-state index contributed by atoms with van der Waals surface area (Å²) >= 11 is 0. The Balaban J connectivity index is -0.000000350. The lowest BCUT2D eigenvalue weighted by Crippen LogP contribution is -2.05. The minimum absolute atomic E-state index is 0.0246. The van der Waals surface area contributed by atoms with Crippen molar-refractivity contribution in [3.8, 4) is 0 Å². The third-order valence-corrected chi connectivity index (χ3v) is 12.1. The molecule has 0 aliphatic heterocycles. The first kappa shape index (κ1) is 66.4. The molecule has 0 bridgehead atoms. The SMILES string of the molecule is CCCCCCCC(O)CCCC.CCCCCCCC(O)CCCCCC.CCCCCCCCCC(O)CCCC.CCCCCCCCCC(O)CCCCCC. The zero-order chi connectivity index (χ0) is 45.4. The molecule has 0 heterocycles. The number of aliphatic hydroxyl groups is 4. The number of rotatable bonds is 44. The molecule has 4 atom stereocenters. The fourth-order valence-electron chi connectivity index (χ4n) is 7.71. The van der Waals surface area contributed by atoms with Crippen LogP contribution in [-0.4, -0.2) is 44.8 Å². The van der Waals surface area contributed by atoms with Crippen molar-refractivity contribution in [2.45, 2.75) is 362 Å². The molecule has 0 aromatic carbocycles. The molecule has 0 radical (unpaired) electrons. The van der Waals surface area contributed by atoms with Crippen molar-refractivity contribution >= 4 is 0 Å². The highest BCUT2D eigenvalue weighted by molar-refractivity contribution is 4.59. The van der Waals surface area contributed by atoms with E-state index in [1.807, 2.05) is 0 Å². The van der Waals surface area contributed by atoms with E-state index in [-0.39, 0.29) is 24.4 Å². The second kappa shape index (κ2) is 63.1. The van der Waals surface area contributed by atoms with E-state index in [4.69, 9.17) is 0 Å². The van der Waals surface area contributed by atoms with Gasteiger partial charge in [-0.05, 0) is 51.4 Å². The van der Waals surface area contributed by atoms with Gasteiger partial charge in [-0.25, -0.2) is 0 Å². The minimum atomic E-state index is -0.0272. The van der Waals surface area contributed by atoms with E-state index >= 15 is 0 Å². The maximum atomic E-state index is 9.79. The molecule has 0 saturated heterocycles. The quantitative estimate of drug-likeness (QED) is 0.0460. The fourth-order valence-corrected chi connectivity index (χ4v) is 7.71. The molecule has 368 valence electrons. The molecule has 0 aromatic heterocycles. The van der Waals surface area contributed by atoms with E-state index in [1.54, 1.807) is 0 Å². The van der Waals surface area contributed by atoms with Gasteiger partial charge in [0.1, 0.15) is 0 Å². The average Bonchev–Trinajstić information content (AvgIpc) is 3.25. The molecular formula is C56H120O4. The standard InChI is InChI=1S/C16H34O.2C14H30O.C12H26O/c1-3-5-7-9-10-11-13-15-16(17)14-12-8-6-4-2;1-3-5-7-8-9-10-11-13-14(15)12-6-4-2;1-3-5-7-9-11-13-14(15)12-10-8-6-4-2;1-3-5-7-8-9-11-12(13)10-6-4-2/h16-17H,3-15H2,1-2H3;2*14-15H,3-13H2,1-2H3;12-13H,3-11H2,1-2H3. The summed E-state index contributed by atoms with van der Waals surface area (Å²) in [5, 5.41) is 38.7. The monoisotopic (exact) mass is 857 g/mol. The maximum Gasteiger partial charge on any atom is 0.0540 e. The van der Waals surface area contributed by atoms with Gasteiger partial charge in [-0.15, -0.1) is 0 Å². The summed E-state index contributed by atoms with van der Waals surface area (Å²) in [5.74, 6) is 0. The summed E-state index contributed by atoms with van der Waals surface area (Å²) in [5.41, 5.74) is 0. The highest BCUT2D eigenvalue weighted by atomic mass is 16.3. The largest absolute Gasteiger partial charge is 0.393 e. The molecule has 0 aliphatic rings. The molecule has 0 amide bonds. The van der Waals surface area contributed by atoms with E-state index < -0.39 is 0 Å². The predicted octanol–water partition coefficient (Wildman–Crippen LogP) is 18.7. The van der Waals surface area contributed by atoms with Gasteiger partial charge in [-0.2, -0.15) is 0 Å². The number of hydrogen-bond donors (Lipinski definition) is 4. The minimum Gasteiger partial charge on any atom is -0.393 e. The van der Waals surface area contributed by atoms with Crippen LogP contribution in [0.15, 0.2) is 0 Å². The molecule has 0 rings (SSSR count). The van der Waals surface area contributed by atoms with E-state index in [0.717, 1.165) is 51.4 Å². The van der Waals surface area contributed by atoms with Gasteiger partial charge < -0.3 is 20.4 Å². The summed E-state index contributed by atoms with van der Waals surface area (Å²) in [6, 6.07) is 0. The Bertz CT molecular complexity index is 672. The molecule has 0 saturated carbocycles. The number of hydrogen-bond acceptors (Lipinski definition) is 4. The van der Waals surface area contributed by atoms with Crippen molar-refractivity contribution < 1.29 is 20.4 Å². The van der Waals surface area contributed by atoms with E-state index in [2.05, 4.69) is 55.4 Å². The normalized spacial score (nSPS) is 13.0. The molecule has 0 aromatic rings. The van der Waals surface area contributed by atoms with Crippen molar-refractivity contribution in [3.05, 3.63) is 0 Å². The van der Waals surface area contributed by atoms with Crippen molar-refractivity contribution in [2.24, 2.45) is 0 Å². The van der Waals surface area contributed by atoms with E-state index in [1.165, 1.54) is 231 Å². The molecule has 0 aliphatic carbocycles. The van der Waals surface area contributed by atoms with Gasteiger partial charge in [0.25, 0.3) is 0 Å². The second-order valence-corrected chi connectivity index (χ2v) is 18.8. The molecular weight excluding hydrogens is 737 g/mol. The first-order valence-corrected chi connectivity index (χ1v) is 28.0. The molecule has 0 spiro atoms. The Hall–Kier alpha value is -0.160. The Morgan fingerprint density at radius 1 is 0.167 bits per heavy atom. The van der Waals surface area contributed by atoms with Crippen molar-refractivity contribution in [2.75, 3.05) is 0 Å². The van der Waals surface area contributed by atoms with Crippen LogP contribution in [0.25, 0.3) is 0 Å². The van der Waals surface area contributed by atoms with Gasteiger partial charge >= 0.3 is 0 Å². The Kier molecular flexibility index (Phi) is 69.9. The van der Waals surface area contributed by atoms with Crippen LogP contribution in [0.2, 0.25) is 0 Å². The predicted molar refractivity (Wildman–Crippen MR) is 273 cm³/mol. The van der Waals surface area contributed by atoms with E-state index in [0.29, 0.717) is 0 Å². The van der Waals surface area contributed by atoms with Crippen molar-refractivity contribution in [1.29, 1.82) is 0 Å². The molecule has 4 nitrogen and oxygen atoms in total. The smallest absolute Gasteiger partial charge is 0.0540 e. The van der Waals surface area contributed by atoms with E-state index in [9.17, 15) is 20.4 Å². The van der Waals surface area contributed by atoms with Gasteiger partial charge in [0, 0.05) is 0 Å². The second-order valence-electron chi connectivity index (χ2n) is 18.8. The third-order valence-electron chi connectivity index (χ3n) is 12.1. The van der Waals surface area contributed by atoms with Crippen LogP contribution in [0.3, 0.4) is 0 Å². The number of unbranched alkanes of at least 4 members (excludes halogenated alkanes) is 28. The van der Waals surface area contributed by atoms with Gasteiger partial charge in [0.05, 0.1) is 24.4 Å². The van der Waals surface area contributed by atoms with Crippen LogP contribution in [0.1, 0.15) is 338 Å². The summed E-state index contributed by atoms with van der Waals surface area (Å²) in [7, 11) is 0. The first-order chi connectivity index (χ1) is 29.2. The Labute approximate surface area is 381 Å².